The first-order valence-electron chi connectivity index (χ1n) is 6.51. The second-order valence-electron chi connectivity index (χ2n) is 4.79. The first kappa shape index (κ1) is 14.8. The lowest BCUT2D eigenvalue weighted by Gasteiger charge is -2.12. The third kappa shape index (κ3) is 3.72. The average Bonchev–Trinajstić information content (AvgIpc) is 2.44. The van der Waals surface area contributed by atoms with E-state index in [1.54, 1.807) is 24.3 Å². The van der Waals surface area contributed by atoms with E-state index in [1.807, 2.05) is 13.8 Å². The number of para-hydroxylation sites is 1. The van der Waals surface area contributed by atoms with E-state index in [-0.39, 0.29) is 12.3 Å². The zero-order chi connectivity index (χ0) is 15.4. The van der Waals surface area contributed by atoms with Gasteiger partial charge in [0.15, 0.2) is 6.61 Å². The fourth-order valence-corrected chi connectivity index (χ4v) is 1.86. The third-order valence-electron chi connectivity index (χ3n) is 3.07. The molecule has 2 aromatic carbocycles. The Morgan fingerprint density at radius 3 is 2.67 bits per heavy atom. The minimum Gasteiger partial charge on any atom is -0.483 e. The van der Waals surface area contributed by atoms with E-state index in [1.165, 1.54) is 12.1 Å². The molecule has 0 fully saturated rings. The highest BCUT2D eigenvalue weighted by molar-refractivity contribution is 5.92. The van der Waals surface area contributed by atoms with Gasteiger partial charge in [-0.1, -0.05) is 12.1 Å². The molecule has 1 amide bonds. The molecule has 0 saturated heterocycles. The van der Waals surface area contributed by atoms with Gasteiger partial charge in [0.1, 0.15) is 11.6 Å². The minimum atomic E-state index is -0.481. The summed E-state index contributed by atoms with van der Waals surface area (Å²) in [4.78, 5) is 11.8. The van der Waals surface area contributed by atoms with Crippen molar-refractivity contribution in [1.29, 1.82) is 0 Å². The van der Waals surface area contributed by atoms with E-state index in [0.717, 1.165) is 11.1 Å². The maximum absolute atomic E-state index is 13.4. The van der Waals surface area contributed by atoms with E-state index in [2.05, 4.69) is 5.32 Å². The Morgan fingerprint density at radius 1 is 1.24 bits per heavy atom. The van der Waals surface area contributed by atoms with Gasteiger partial charge in [-0.3, -0.25) is 4.79 Å². The highest BCUT2D eigenvalue weighted by Crippen LogP contribution is 2.24. The summed E-state index contributed by atoms with van der Waals surface area (Å²) in [5.74, 6) is -0.315. The molecule has 0 spiro atoms. The van der Waals surface area contributed by atoms with Crippen LogP contribution in [0, 0.1) is 19.7 Å². The predicted octanol–water partition coefficient (Wildman–Crippen LogP) is 3.04. The molecule has 110 valence electrons. The average molecular weight is 288 g/mol. The van der Waals surface area contributed by atoms with E-state index in [9.17, 15) is 9.18 Å². The molecule has 0 aromatic heterocycles. The summed E-state index contributed by atoms with van der Waals surface area (Å²) in [6.45, 7) is 3.51. The number of ether oxygens (including phenoxy) is 1. The maximum atomic E-state index is 13.4. The number of rotatable bonds is 4. The van der Waals surface area contributed by atoms with Crippen LogP contribution in [-0.4, -0.2) is 12.5 Å². The quantitative estimate of drug-likeness (QED) is 0.850. The molecule has 0 saturated carbocycles. The van der Waals surface area contributed by atoms with Crippen molar-refractivity contribution in [3.05, 3.63) is 53.3 Å². The van der Waals surface area contributed by atoms with Gasteiger partial charge in [-0.25, -0.2) is 4.39 Å². The molecule has 3 N–H and O–H groups in total. The van der Waals surface area contributed by atoms with E-state index in [0.29, 0.717) is 11.4 Å². The molecular formula is C16H17FN2O2. The van der Waals surface area contributed by atoms with Crippen LogP contribution in [0.5, 0.6) is 5.75 Å². The van der Waals surface area contributed by atoms with Crippen molar-refractivity contribution in [2.45, 2.75) is 13.8 Å². The van der Waals surface area contributed by atoms with Gasteiger partial charge >= 0.3 is 0 Å². The van der Waals surface area contributed by atoms with Crippen LogP contribution in [0.1, 0.15) is 11.1 Å². The lowest BCUT2D eigenvalue weighted by molar-refractivity contribution is -0.118. The molecule has 0 aliphatic rings. The molecule has 0 aliphatic heterocycles. The molecule has 21 heavy (non-hydrogen) atoms. The van der Waals surface area contributed by atoms with Gasteiger partial charge in [-0.15, -0.1) is 0 Å². The number of nitrogens with two attached hydrogens (primary N) is 1. The van der Waals surface area contributed by atoms with Crippen LogP contribution >= 0.6 is 0 Å². The second kappa shape index (κ2) is 6.26. The van der Waals surface area contributed by atoms with Crippen LogP contribution in [0.25, 0.3) is 0 Å². The first-order chi connectivity index (χ1) is 9.97. The lowest BCUT2D eigenvalue weighted by Crippen LogP contribution is -2.21. The van der Waals surface area contributed by atoms with Gasteiger partial charge < -0.3 is 15.8 Å². The standard InChI is InChI=1S/C16H17FN2O2/c1-10-8-15(11(2)7-13(10)18)21-9-16(20)19-14-6-4-3-5-12(14)17/h3-8H,9,18H2,1-2H3,(H,19,20). The van der Waals surface area contributed by atoms with Gasteiger partial charge in [0.2, 0.25) is 0 Å². The van der Waals surface area contributed by atoms with Crippen molar-refractivity contribution in [3.63, 3.8) is 0 Å². The molecule has 0 bridgehead atoms. The van der Waals surface area contributed by atoms with Crippen LogP contribution < -0.4 is 15.8 Å². The normalized spacial score (nSPS) is 10.2. The van der Waals surface area contributed by atoms with Crippen LogP contribution in [-0.2, 0) is 4.79 Å². The molecule has 0 unspecified atom stereocenters. The number of anilines is 2. The summed E-state index contributed by atoms with van der Waals surface area (Å²) < 4.78 is 18.9. The van der Waals surface area contributed by atoms with E-state index >= 15 is 0 Å². The second-order valence-corrected chi connectivity index (χ2v) is 4.79. The van der Waals surface area contributed by atoms with Crippen LogP contribution in [0.4, 0.5) is 15.8 Å². The zero-order valence-corrected chi connectivity index (χ0v) is 11.9. The minimum absolute atomic E-state index is 0.135. The molecule has 0 radical (unpaired) electrons. The Morgan fingerprint density at radius 2 is 1.95 bits per heavy atom. The number of amides is 1. The smallest absolute Gasteiger partial charge is 0.262 e. The van der Waals surface area contributed by atoms with E-state index in [4.69, 9.17) is 10.5 Å². The van der Waals surface area contributed by atoms with E-state index < -0.39 is 11.7 Å². The van der Waals surface area contributed by atoms with Gasteiger partial charge in [0, 0.05) is 5.69 Å². The number of benzene rings is 2. The molecule has 5 heteroatoms. The summed E-state index contributed by atoms with van der Waals surface area (Å²) in [7, 11) is 0. The topological polar surface area (TPSA) is 64.3 Å². The number of nitrogen functional groups attached to an aromatic ring is 1. The largest absolute Gasteiger partial charge is 0.483 e. The van der Waals surface area contributed by atoms with Gasteiger partial charge in [0.05, 0.1) is 5.69 Å². The summed E-state index contributed by atoms with van der Waals surface area (Å²) in [6.07, 6.45) is 0. The summed E-state index contributed by atoms with van der Waals surface area (Å²) in [5.41, 5.74) is 8.32. The van der Waals surface area contributed by atoms with Crippen molar-refractivity contribution < 1.29 is 13.9 Å². The highest BCUT2D eigenvalue weighted by Gasteiger charge is 2.09. The number of halogens is 1. The Labute approximate surface area is 122 Å². The van der Waals surface area contributed by atoms with Crippen LogP contribution in [0.2, 0.25) is 0 Å². The van der Waals surface area contributed by atoms with Gasteiger partial charge in [-0.05, 0) is 49.2 Å². The Balaban J connectivity index is 1.99. The molecule has 0 aliphatic carbocycles. The number of hydrogen-bond donors (Lipinski definition) is 2. The number of carbonyl (C=O) groups is 1. The van der Waals surface area contributed by atoms with Crippen molar-refractivity contribution in [2.24, 2.45) is 0 Å². The third-order valence-corrected chi connectivity index (χ3v) is 3.07. The Hall–Kier alpha value is -2.56. The van der Waals surface area contributed by atoms with Crippen molar-refractivity contribution in [3.8, 4) is 5.75 Å². The molecular weight excluding hydrogens is 271 g/mol. The monoisotopic (exact) mass is 288 g/mol. The Bertz CT molecular complexity index is 671. The molecule has 2 rings (SSSR count). The summed E-state index contributed by atoms with van der Waals surface area (Å²) in [5, 5.41) is 2.46. The highest BCUT2D eigenvalue weighted by atomic mass is 19.1. The fraction of sp³-hybridized carbons (Fsp3) is 0.188. The van der Waals surface area contributed by atoms with Gasteiger partial charge in [-0.2, -0.15) is 0 Å². The molecule has 4 nitrogen and oxygen atoms in total. The molecule has 0 heterocycles. The zero-order valence-electron chi connectivity index (χ0n) is 11.9. The fourth-order valence-electron chi connectivity index (χ4n) is 1.86. The van der Waals surface area contributed by atoms with Crippen molar-refractivity contribution in [1.82, 2.24) is 0 Å². The number of hydrogen-bond acceptors (Lipinski definition) is 3. The summed E-state index contributed by atoms with van der Waals surface area (Å²) >= 11 is 0. The molecule has 0 atom stereocenters. The predicted molar refractivity (Wildman–Crippen MR) is 80.9 cm³/mol. The number of carbonyl (C=O) groups excluding carboxylic acids is 1. The maximum Gasteiger partial charge on any atom is 0.262 e. The first-order valence-corrected chi connectivity index (χ1v) is 6.51. The van der Waals surface area contributed by atoms with Crippen molar-refractivity contribution in [2.75, 3.05) is 17.7 Å². The number of nitrogens with one attached hydrogen (secondary N) is 1. The van der Waals surface area contributed by atoms with Gasteiger partial charge in [0.25, 0.3) is 5.91 Å². The van der Waals surface area contributed by atoms with Crippen LogP contribution in [0.15, 0.2) is 36.4 Å². The number of aryl methyl sites for hydroxylation is 2. The summed E-state index contributed by atoms with van der Waals surface area (Å²) in [6, 6.07) is 9.55. The van der Waals surface area contributed by atoms with Crippen molar-refractivity contribution >= 4 is 17.3 Å². The molecule has 2 aromatic rings. The van der Waals surface area contributed by atoms with Crippen LogP contribution in [0.3, 0.4) is 0 Å². The lowest BCUT2D eigenvalue weighted by atomic mass is 10.1. The Kier molecular flexibility index (Phi) is 4.42. The SMILES string of the molecule is Cc1cc(OCC(=O)Nc2ccccc2F)c(C)cc1N.